The lowest BCUT2D eigenvalue weighted by Gasteiger charge is -2.41. The van der Waals surface area contributed by atoms with Gasteiger partial charge >= 0.3 is 7.82 Å². The zero-order valence-electron chi connectivity index (χ0n) is 22.5. The van der Waals surface area contributed by atoms with Crippen molar-refractivity contribution in [2.45, 2.75) is 153 Å². The highest BCUT2D eigenvalue weighted by Crippen LogP contribution is 2.52. The van der Waals surface area contributed by atoms with Crippen molar-refractivity contribution in [3.8, 4) is 0 Å². The Balaban J connectivity index is 2.54. The van der Waals surface area contributed by atoms with Crippen LogP contribution in [0.15, 0.2) is 0 Å². The minimum atomic E-state index is -4.20. The van der Waals surface area contributed by atoms with Crippen LogP contribution in [-0.2, 0) is 18.1 Å². The van der Waals surface area contributed by atoms with E-state index in [4.69, 9.17) is 13.6 Å². The first-order valence-corrected chi connectivity index (χ1v) is 15.7. The standard InChI is InChI=1S/C26H53O9P/c1-3-5-7-9-11-13-15-17-19-33-36(32,34-20-18-16-14-12-10-8-6-4-2)35-26-24(30)22(28)21(27)23(29)25(26)31/h21-31H,3-20H2,1-2H3/t21?,22-,23-,24-,25+,26?/m0/s1. The van der Waals surface area contributed by atoms with Gasteiger partial charge in [0.25, 0.3) is 0 Å². The molecule has 0 saturated heterocycles. The maximum absolute atomic E-state index is 13.4. The van der Waals surface area contributed by atoms with E-state index >= 15 is 0 Å². The van der Waals surface area contributed by atoms with E-state index < -0.39 is 44.4 Å². The van der Waals surface area contributed by atoms with Crippen molar-refractivity contribution < 1.29 is 43.7 Å². The highest BCUT2D eigenvalue weighted by molar-refractivity contribution is 7.48. The van der Waals surface area contributed by atoms with Crippen molar-refractivity contribution in [1.29, 1.82) is 0 Å². The third kappa shape index (κ3) is 13.1. The molecule has 0 bridgehead atoms. The average Bonchev–Trinajstić information content (AvgIpc) is 2.87. The van der Waals surface area contributed by atoms with Gasteiger partial charge in [0.15, 0.2) is 0 Å². The van der Waals surface area contributed by atoms with Gasteiger partial charge in [-0.1, -0.05) is 104 Å². The molecule has 5 N–H and O–H groups in total. The van der Waals surface area contributed by atoms with Crippen molar-refractivity contribution >= 4 is 7.82 Å². The van der Waals surface area contributed by atoms with Gasteiger partial charge in [0, 0.05) is 0 Å². The number of unbranched alkanes of at least 4 members (excludes halogenated alkanes) is 14. The molecular weight excluding hydrogens is 487 g/mol. The van der Waals surface area contributed by atoms with Crippen LogP contribution in [0.1, 0.15) is 117 Å². The molecule has 0 spiro atoms. The van der Waals surface area contributed by atoms with E-state index in [-0.39, 0.29) is 13.2 Å². The molecule has 216 valence electrons. The molecule has 9 nitrogen and oxygen atoms in total. The predicted octanol–water partition coefficient (Wildman–Crippen LogP) is 4.61. The number of phosphoric acid groups is 1. The van der Waals surface area contributed by atoms with Gasteiger partial charge in [0.2, 0.25) is 0 Å². The normalized spacial score (nSPS) is 27.0. The second-order valence-corrected chi connectivity index (χ2v) is 11.7. The van der Waals surface area contributed by atoms with Gasteiger partial charge in [0.05, 0.1) is 13.2 Å². The second kappa shape index (κ2) is 19.9. The molecule has 0 aromatic carbocycles. The fraction of sp³-hybridized carbons (Fsp3) is 1.00. The highest BCUT2D eigenvalue weighted by Gasteiger charge is 2.51. The summed E-state index contributed by atoms with van der Waals surface area (Å²) >= 11 is 0. The number of aliphatic hydroxyl groups excluding tert-OH is 5. The van der Waals surface area contributed by atoms with E-state index in [0.29, 0.717) is 12.8 Å². The molecule has 2 unspecified atom stereocenters. The summed E-state index contributed by atoms with van der Waals surface area (Å²) < 4.78 is 29.8. The van der Waals surface area contributed by atoms with Crippen molar-refractivity contribution in [3.63, 3.8) is 0 Å². The molecule has 36 heavy (non-hydrogen) atoms. The van der Waals surface area contributed by atoms with Gasteiger partial charge in [-0.05, 0) is 12.8 Å². The lowest BCUT2D eigenvalue weighted by molar-refractivity contribution is -0.220. The Kier molecular flexibility index (Phi) is 18.8. The summed E-state index contributed by atoms with van der Waals surface area (Å²) in [5.74, 6) is 0. The third-order valence-electron chi connectivity index (χ3n) is 6.82. The van der Waals surface area contributed by atoms with E-state index in [9.17, 15) is 30.1 Å². The molecule has 1 aliphatic rings. The molecule has 1 fully saturated rings. The van der Waals surface area contributed by atoms with Crippen LogP contribution < -0.4 is 0 Å². The average molecular weight is 541 g/mol. The fourth-order valence-corrected chi connectivity index (χ4v) is 5.84. The monoisotopic (exact) mass is 540 g/mol. The van der Waals surface area contributed by atoms with Crippen molar-refractivity contribution in [1.82, 2.24) is 0 Å². The molecule has 1 aliphatic carbocycles. The first-order valence-electron chi connectivity index (χ1n) is 14.2. The summed E-state index contributed by atoms with van der Waals surface area (Å²) in [5, 5.41) is 50.3. The lowest BCUT2D eigenvalue weighted by Crippen LogP contribution is -2.64. The maximum atomic E-state index is 13.4. The van der Waals surface area contributed by atoms with Crippen LogP contribution in [0.25, 0.3) is 0 Å². The summed E-state index contributed by atoms with van der Waals surface area (Å²) in [5.41, 5.74) is 0. The Morgan fingerprint density at radius 3 is 1.17 bits per heavy atom. The van der Waals surface area contributed by atoms with Crippen LogP contribution in [-0.4, -0.2) is 75.4 Å². The largest absolute Gasteiger partial charge is 0.475 e. The number of hydrogen-bond donors (Lipinski definition) is 5. The number of rotatable bonds is 22. The Morgan fingerprint density at radius 2 is 0.806 bits per heavy atom. The summed E-state index contributed by atoms with van der Waals surface area (Å²) in [4.78, 5) is 0. The summed E-state index contributed by atoms with van der Waals surface area (Å²) in [6, 6.07) is 0. The predicted molar refractivity (Wildman–Crippen MR) is 140 cm³/mol. The van der Waals surface area contributed by atoms with Crippen LogP contribution in [0.4, 0.5) is 0 Å². The molecule has 0 aromatic heterocycles. The zero-order chi connectivity index (χ0) is 26.8. The molecular formula is C26H53O9P. The Bertz CT molecular complexity index is 538. The van der Waals surface area contributed by atoms with E-state index in [2.05, 4.69) is 13.8 Å². The first kappa shape index (κ1) is 33.9. The molecule has 1 saturated carbocycles. The van der Waals surface area contributed by atoms with Gasteiger partial charge in [0.1, 0.15) is 36.6 Å². The molecule has 1 rings (SSSR count). The zero-order valence-corrected chi connectivity index (χ0v) is 23.4. The summed E-state index contributed by atoms with van der Waals surface area (Å²) in [6.07, 6.45) is 6.79. The van der Waals surface area contributed by atoms with Gasteiger partial charge < -0.3 is 25.5 Å². The molecule has 0 amide bonds. The van der Waals surface area contributed by atoms with Crippen LogP contribution in [0.2, 0.25) is 0 Å². The Morgan fingerprint density at radius 1 is 0.500 bits per heavy atom. The van der Waals surface area contributed by atoms with Gasteiger partial charge in [-0.15, -0.1) is 0 Å². The van der Waals surface area contributed by atoms with Crippen LogP contribution in [0.5, 0.6) is 0 Å². The minimum absolute atomic E-state index is 0.121. The van der Waals surface area contributed by atoms with E-state index in [1.54, 1.807) is 0 Å². The van der Waals surface area contributed by atoms with Crippen molar-refractivity contribution in [2.75, 3.05) is 13.2 Å². The highest BCUT2D eigenvalue weighted by atomic mass is 31.2. The quantitative estimate of drug-likeness (QED) is 0.0981. The van der Waals surface area contributed by atoms with Crippen LogP contribution in [0, 0.1) is 0 Å². The topological polar surface area (TPSA) is 146 Å². The molecule has 0 heterocycles. The number of hydrogen-bond acceptors (Lipinski definition) is 9. The van der Waals surface area contributed by atoms with E-state index in [1.165, 1.54) is 51.4 Å². The van der Waals surface area contributed by atoms with Gasteiger partial charge in [-0.3, -0.25) is 13.6 Å². The maximum Gasteiger partial charge on any atom is 0.475 e. The van der Waals surface area contributed by atoms with E-state index in [0.717, 1.165) is 38.5 Å². The van der Waals surface area contributed by atoms with Crippen molar-refractivity contribution in [3.05, 3.63) is 0 Å². The fourth-order valence-electron chi connectivity index (χ4n) is 4.39. The SMILES string of the molecule is CCCCCCCCCCOP(=O)(OCCCCCCCCCC)OC1[C@@H](O)[C@@H](O)C(O)[C@H](O)[C@H]1O. The smallest absolute Gasteiger partial charge is 0.387 e. The summed E-state index contributed by atoms with van der Waals surface area (Å²) in [7, 11) is -4.20. The van der Waals surface area contributed by atoms with Crippen molar-refractivity contribution in [2.24, 2.45) is 0 Å². The van der Waals surface area contributed by atoms with E-state index in [1.807, 2.05) is 0 Å². The molecule has 0 radical (unpaired) electrons. The van der Waals surface area contributed by atoms with Crippen LogP contribution >= 0.6 is 7.82 Å². The second-order valence-electron chi connectivity index (χ2n) is 10.1. The van der Waals surface area contributed by atoms with Gasteiger partial charge in [-0.2, -0.15) is 0 Å². The first-order chi connectivity index (χ1) is 17.3. The van der Waals surface area contributed by atoms with Crippen LogP contribution in [0.3, 0.4) is 0 Å². The third-order valence-corrected chi connectivity index (χ3v) is 8.32. The Labute approximate surface area is 218 Å². The lowest BCUT2D eigenvalue weighted by atomic mass is 9.85. The Hall–Kier alpha value is -0.0900. The number of phosphoric ester groups is 1. The molecule has 10 heteroatoms. The molecule has 6 atom stereocenters. The minimum Gasteiger partial charge on any atom is -0.387 e. The van der Waals surface area contributed by atoms with Gasteiger partial charge in [-0.25, -0.2) is 4.57 Å². The number of aliphatic hydroxyl groups is 5. The summed E-state index contributed by atoms with van der Waals surface area (Å²) in [6.45, 7) is 4.61. The molecule has 0 aliphatic heterocycles. The molecule has 0 aromatic rings.